The lowest BCUT2D eigenvalue weighted by atomic mass is 10.3. The molecular formula is C13H21N5. The maximum absolute atomic E-state index is 4.42. The quantitative estimate of drug-likeness (QED) is 0.845. The fourth-order valence-electron chi connectivity index (χ4n) is 1.93. The molecule has 5 heteroatoms. The summed E-state index contributed by atoms with van der Waals surface area (Å²) in [4.78, 5) is 6.79. The van der Waals surface area contributed by atoms with E-state index >= 15 is 0 Å². The summed E-state index contributed by atoms with van der Waals surface area (Å²) < 4.78 is 1.81. The molecule has 0 aliphatic carbocycles. The second kappa shape index (κ2) is 5.82. The fourth-order valence-corrected chi connectivity index (χ4v) is 1.93. The molecule has 0 aliphatic heterocycles. The van der Waals surface area contributed by atoms with E-state index in [4.69, 9.17) is 0 Å². The Morgan fingerprint density at radius 3 is 2.78 bits per heavy atom. The second-order valence-electron chi connectivity index (χ2n) is 4.40. The molecule has 98 valence electrons. The molecule has 0 radical (unpaired) electrons. The summed E-state index contributed by atoms with van der Waals surface area (Å²) in [5.41, 5.74) is 2.06. The van der Waals surface area contributed by atoms with Crippen LogP contribution in [0.15, 0.2) is 18.3 Å². The molecule has 0 fully saturated rings. The number of aryl methyl sites for hydroxylation is 1. The molecule has 0 atom stereocenters. The molecule has 0 aliphatic rings. The van der Waals surface area contributed by atoms with Crippen LogP contribution >= 0.6 is 0 Å². The van der Waals surface area contributed by atoms with Gasteiger partial charge in [0, 0.05) is 19.3 Å². The third-order valence-corrected chi connectivity index (χ3v) is 3.08. The third kappa shape index (κ3) is 2.98. The van der Waals surface area contributed by atoms with Gasteiger partial charge in [0.1, 0.15) is 0 Å². The largest absolute Gasteiger partial charge is 0.352 e. The van der Waals surface area contributed by atoms with Crippen LogP contribution in [0.5, 0.6) is 0 Å². The van der Waals surface area contributed by atoms with Crippen LogP contribution in [0.25, 0.3) is 5.65 Å². The Morgan fingerprint density at radius 1 is 1.28 bits per heavy atom. The lowest BCUT2D eigenvalue weighted by Gasteiger charge is -2.17. The highest BCUT2D eigenvalue weighted by Crippen LogP contribution is 2.06. The van der Waals surface area contributed by atoms with Crippen molar-refractivity contribution >= 4 is 11.6 Å². The summed E-state index contributed by atoms with van der Waals surface area (Å²) in [6, 6.07) is 4.03. The first-order valence-electron chi connectivity index (χ1n) is 6.52. The van der Waals surface area contributed by atoms with Crippen LogP contribution in [0.2, 0.25) is 0 Å². The molecule has 18 heavy (non-hydrogen) atoms. The Kier molecular flexibility index (Phi) is 4.15. The van der Waals surface area contributed by atoms with Gasteiger partial charge in [0.05, 0.1) is 0 Å². The second-order valence-corrected chi connectivity index (χ2v) is 4.40. The van der Waals surface area contributed by atoms with E-state index in [1.165, 1.54) is 5.56 Å². The average Bonchev–Trinajstić information content (AvgIpc) is 2.76. The Bertz CT molecular complexity index is 501. The van der Waals surface area contributed by atoms with Crippen LogP contribution in [0.4, 0.5) is 5.95 Å². The summed E-state index contributed by atoms with van der Waals surface area (Å²) >= 11 is 0. The van der Waals surface area contributed by atoms with Crippen molar-refractivity contribution in [2.45, 2.75) is 20.8 Å². The van der Waals surface area contributed by atoms with Crippen molar-refractivity contribution in [1.29, 1.82) is 0 Å². The molecule has 2 heterocycles. The van der Waals surface area contributed by atoms with E-state index in [1.807, 2.05) is 22.8 Å². The zero-order chi connectivity index (χ0) is 13.0. The van der Waals surface area contributed by atoms with Crippen LogP contribution in [-0.4, -0.2) is 45.7 Å². The van der Waals surface area contributed by atoms with Gasteiger partial charge < -0.3 is 10.2 Å². The summed E-state index contributed by atoms with van der Waals surface area (Å²) in [5, 5.41) is 7.67. The molecule has 0 saturated carbocycles. The Balaban J connectivity index is 1.95. The fraction of sp³-hybridized carbons (Fsp3) is 0.538. The maximum atomic E-state index is 4.42. The smallest absolute Gasteiger partial charge is 0.243 e. The van der Waals surface area contributed by atoms with E-state index in [0.29, 0.717) is 5.95 Å². The summed E-state index contributed by atoms with van der Waals surface area (Å²) in [6.07, 6.45) is 1.98. The summed E-state index contributed by atoms with van der Waals surface area (Å²) in [5.74, 6) is 0.702. The molecule has 2 aromatic heterocycles. The van der Waals surface area contributed by atoms with Crippen molar-refractivity contribution in [2.24, 2.45) is 0 Å². The van der Waals surface area contributed by atoms with Gasteiger partial charge >= 0.3 is 0 Å². The van der Waals surface area contributed by atoms with Gasteiger partial charge in [-0.3, -0.25) is 0 Å². The van der Waals surface area contributed by atoms with Gasteiger partial charge in [0.15, 0.2) is 5.65 Å². The first-order valence-corrected chi connectivity index (χ1v) is 6.52. The summed E-state index contributed by atoms with van der Waals surface area (Å²) in [7, 11) is 0. The van der Waals surface area contributed by atoms with Crippen molar-refractivity contribution in [3.05, 3.63) is 23.9 Å². The van der Waals surface area contributed by atoms with E-state index in [2.05, 4.69) is 41.1 Å². The van der Waals surface area contributed by atoms with Crippen molar-refractivity contribution in [3.8, 4) is 0 Å². The highest BCUT2D eigenvalue weighted by Gasteiger charge is 2.03. The number of anilines is 1. The Morgan fingerprint density at radius 2 is 2.06 bits per heavy atom. The molecule has 0 aromatic carbocycles. The van der Waals surface area contributed by atoms with Crippen LogP contribution in [0.1, 0.15) is 19.4 Å². The number of nitrogens with zero attached hydrogens (tertiary/aromatic N) is 4. The zero-order valence-corrected chi connectivity index (χ0v) is 11.3. The lowest BCUT2D eigenvalue weighted by molar-refractivity contribution is 0.316. The minimum Gasteiger partial charge on any atom is -0.352 e. The van der Waals surface area contributed by atoms with Gasteiger partial charge in [-0.05, 0) is 31.6 Å². The van der Waals surface area contributed by atoms with Crippen molar-refractivity contribution in [2.75, 3.05) is 31.5 Å². The molecule has 1 N–H and O–H groups in total. The number of hydrogen-bond acceptors (Lipinski definition) is 4. The third-order valence-electron chi connectivity index (χ3n) is 3.08. The van der Waals surface area contributed by atoms with Gasteiger partial charge in [-0.1, -0.05) is 19.9 Å². The number of likely N-dealkylation sites (N-methyl/N-ethyl adjacent to an activating group) is 1. The SMILES string of the molecule is CCN(CC)CCNc1nc2ccc(C)cn2n1. The van der Waals surface area contributed by atoms with E-state index < -0.39 is 0 Å². The predicted molar refractivity (Wildman–Crippen MR) is 74.0 cm³/mol. The molecule has 2 aromatic rings. The molecule has 2 rings (SSSR count). The number of nitrogens with one attached hydrogen (secondary N) is 1. The molecule has 0 amide bonds. The van der Waals surface area contributed by atoms with E-state index in [1.54, 1.807) is 0 Å². The highest BCUT2D eigenvalue weighted by molar-refractivity contribution is 5.44. The van der Waals surface area contributed by atoms with E-state index in [0.717, 1.165) is 31.8 Å². The normalized spacial score (nSPS) is 11.3. The molecule has 0 unspecified atom stereocenters. The van der Waals surface area contributed by atoms with Gasteiger partial charge in [0.2, 0.25) is 5.95 Å². The molecule has 0 saturated heterocycles. The monoisotopic (exact) mass is 247 g/mol. The highest BCUT2D eigenvalue weighted by atomic mass is 15.3. The molecule has 0 bridgehead atoms. The maximum Gasteiger partial charge on any atom is 0.243 e. The number of fused-ring (bicyclic) bond motifs is 1. The van der Waals surface area contributed by atoms with Crippen molar-refractivity contribution in [3.63, 3.8) is 0 Å². The van der Waals surface area contributed by atoms with Crippen LogP contribution < -0.4 is 5.32 Å². The first kappa shape index (κ1) is 12.8. The van der Waals surface area contributed by atoms with Gasteiger partial charge in [0.25, 0.3) is 0 Å². The molecular weight excluding hydrogens is 226 g/mol. The standard InChI is InChI=1S/C13H21N5/c1-4-17(5-2)9-8-14-13-15-12-7-6-11(3)10-18(12)16-13/h6-7,10H,4-5,8-9H2,1-3H3,(H,14,16). The number of pyridine rings is 1. The minimum absolute atomic E-state index is 0.702. The number of aromatic nitrogens is 3. The number of hydrogen-bond donors (Lipinski definition) is 1. The van der Waals surface area contributed by atoms with Gasteiger partial charge in [-0.25, -0.2) is 4.52 Å². The minimum atomic E-state index is 0.702. The van der Waals surface area contributed by atoms with Crippen molar-refractivity contribution < 1.29 is 0 Å². The summed E-state index contributed by atoms with van der Waals surface area (Å²) in [6.45, 7) is 10.4. The van der Waals surface area contributed by atoms with Crippen molar-refractivity contribution in [1.82, 2.24) is 19.5 Å². The topological polar surface area (TPSA) is 45.5 Å². The van der Waals surface area contributed by atoms with Crippen LogP contribution in [0.3, 0.4) is 0 Å². The van der Waals surface area contributed by atoms with E-state index in [-0.39, 0.29) is 0 Å². The Labute approximate surface area is 108 Å². The van der Waals surface area contributed by atoms with Crippen LogP contribution in [-0.2, 0) is 0 Å². The van der Waals surface area contributed by atoms with Gasteiger partial charge in [-0.2, -0.15) is 4.98 Å². The van der Waals surface area contributed by atoms with Crippen LogP contribution in [0, 0.1) is 6.92 Å². The van der Waals surface area contributed by atoms with E-state index in [9.17, 15) is 0 Å². The zero-order valence-electron chi connectivity index (χ0n) is 11.3. The van der Waals surface area contributed by atoms with Gasteiger partial charge in [-0.15, -0.1) is 5.10 Å². The lowest BCUT2D eigenvalue weighted by Crippen LogP contribution is -2.28. The average molecular weight is 247 g/mol. The number of rotatable bonds is 6. The molecule has 0 spiro atoms. The predicted octanol–water partition coefficient (Wildman–Crippen LogP) is 1.79. The first-order chi connectivity index (χ1) is 8.72. The molecule has 5 nitrogen and oxygen atoms in total. The Hall–Kier alpha value is -1.62.